The van der Waals surface area contributed by atoms with Crippen LogP contribution < -0.4 is 10.6 Å². The van der Waals surface area contributed by atoms with Crippen molar-refractivity contribution in [3.05, 3.63) is 99.3 Å². The SMILES string of the molecule is Cc1cc(C(F)(F)F)ccc1NC(=O)c1cc(C(=O)NC(CO)c2ccccc2)c(F)cc1Cl. The third kappa shape index (κ3) is 5.73. The normalized spacial score (nSPS) is 12.2. The molecule has 0 aliphatic heterocycles. The second-order valence-electron chi connectivity index (χ2n) is 7.41. The number of rotatable bonds is 6. The maximum absolute atomic E-state index is 14.5. The van der Waals surface area contributed by atoms with Gasteiger partial charge in [0.2, 0.25) is 0 Å². The van der Waals surface area contributed by atoms with Gasteiger partial charge in [0.05, 0.1) is 34.4 Å². The van der Waals surface area contributed by atoms with Crippen LogP contribution in [0.1, 0.15) is 43.4 Å². The number of aliphatic hydroxyl groups excluding tert-OH is 1. The molecule has 0 spiro atoms. The molecule has 10 heteroatoms. The zero-order valence-corrected chi connectivity index (χ0v) is 18.5. The van der Waals surface area contributed by atoms with Crippen molar-refractivity contribution in [3.63, 3.8) is 0 Å². The minimum absolute atomic E-state index is 0.0915. The van der Waals surface area contributed by atoms with Gasteiger partial charge < -0.3 is 15.7 Å². The minimum atomic E-state index is -4.54. The predicted molar refractivity (Wildman–Crippen MR) is 119 cm³/mol. The highest BCUT2D eigenvalue weighted by molar-refractivity contribution is 6.34. The second kappa shape index (κ2) is 10.2. The van der Waals surface area contributed by atoms with Crippen LogP contribution in [0.4, 0.5) is 23.2 Å². The third-order valence-electron chi connectivity index (χ3n) is 5.04. The Balaban J connectivity index is 1.85. The summed E-state index contributed by atoms with van der Waals surface area (Å²) in [5.41, 5.74) is -0.801. The Bertz CT molecular complexity index is 1220. The molecule has 1 unspecified atom stereocenters. The molecule has 0 bridgehead atoms. The average molecular weight is 495 g/mol. The maximum Gasteiger partial charge on any atom is 0.416 e. The first-order valence-electron chi connectivity index (χ1n) is 9.96. The predicted octanol–water partition coefficient (Wildman–Crippen LogP) is 5.52. The highest BCUT2D eigenvalue weighted by Crippen LogP contribution is 2.32. The van der Waals surface area contributed by atoms with Crippen molar-refractivity contribution in [2.45, 2.75) is 19.1 Å². The molecule has 0 saturated carbocycles. The van der Waals surface area contributed by atoms with Crippen LogP contribution in [-0.2, 0) is 6.18 Å². The third-order valence-corrected chi connectivity index (χ3v) is 5.35. The molecule has 0 radical (unpaired) electrons. The zero-order valence-electron chi connectivity index (χ0n) is 17.7. The molecular weight excluding hydrogens is 476 g/mol. The molecule has 2 amide bonds. The topological polar surface area (TPSA) is 78.4 Å². The molecular formula is C24H19ClF4N2O3. The number of alkyl halides is 3. The van der Waals surface area contributed by atoms with E-state index in [4.69, 9.17) is 11.6 Å². The number of amides is 2. The van der Waals surface area contributed by atoms with Crippen LogP contribution in [0, 0.1) is 12.7 Å². The van der Waals surface area contributed by atoms with E-state index in [9.17, 15) is 32.3 Å². The van der Waals surface area contributed by atoms with Gasteiger partial charge in [0.25, 0.3) is 11.8 Å². The number of aryl methyl sites for hydroxylation is 1. The molecule has 34 heavy (non-hydrogen) atoms. The largest absolute Gasteiger partial charge is 0.416 e. The summed E-state index contributed by atoms with van der Waals surface area (Å²) in [5, 5.41) is 14.3. The molecule has 178 valence electrons. The van der Waals surface area contributed by atoms with Crippen LogP contribution >= 0.6 is 11.6 Å². The number of aliphatic hydroxyl groups is 1. The lowest BCUT2D eigenvalue weighted by Gasteiger charge is -2.18. The molecule has 0 aromatic heterocycles. The number of nitrogens with one attached hydrogen (secondary N) is 2. The highest BCUT2D eigenvalue weighted by Gasteiger charge is 2.31. The standard InChI is InChI=1S/C24H19ClF4N2O3/c1-13-9-15(24(27,28)29)7-8-20(13)30-22(33)16-10-17(19(26)11-18(16)25)23(34)31-21(12-32)14-5-3-2-4-6-14/h2-11,21,32H,12H2,1H3,(H,30,33)(H,31,34). The molecule has 3 rings (SSSR count). The number of hydrogen-bond donors (Lipinski definition) is 3. The summed E-state index contributed by atoms with van der Waals surface area (Å²) in [6.45, 7) is 0.931. The summed E-state index contributed by atoms with van der Waals surface area (Å²) in [6.07, 6.45) is -4.54. The Labute approximate surface area is 197 Å². The maximum atomic E-state index is 14.5. The smallest absolute Gasteiger partial charge is 0.394 e. The van der Waals surface area contributed by atoms with Crippen LogP contribution in [-0.4, -0.2) is 23.5 Å². The van der Waals surface area contributed by atoms with Gasteiger partial charge in [-0.2, -0.15) is 13.2 Å². The van der Waals surface area contributed by atoms with Crippen LogP contribution in [0.15, 0.2) is 60.7 Å². The van der Waals surface area contributed by atoms with Gasteiger partial charge in [0.1, 0.15) is 5.82 Å². The molecule has 1 atom stereocenters. The fraction of sp³-hybridized carbons (Fsp3) is 0.167. The zero-order chi connectivity index (χ0) is 25.0. The highest BCUT2D eigenvalue weighted by atomic mass is 35.5. The molecule has 3 aromatic carbocycles. The van der Waals surface area contributed by atoms with Crippen LogP contribution in [0.5, 0.6) is 0 Å². The summed E-state index contributed by atoms with van der Waals surface area (Å²) in [6, 6.07) is 12.2. The number of halogens is 5. The Morgan fingerprint density at radius 3 is 2.26 bits per heavy atom. The van der Waals surface area contributed by atoms with E-state index < -0.39 is 47.6 Å². The van der Waals surface area contributed by atoms with Gasteiger partial charge in [-0.25, -0.2) is 4.39 Å². The lowest BCUT2D eigenvalue weighted by atomic mass is 10.0. The Morgan fingerprint density at radius 2 is 1.68 bits per heavy atom. The molecule has 5 nitrogen and oxygen atoms in total. The molecule has 0 fully saturated rings. The van der Waals surface area contributed by atoms with E-state index in [1.54, 1.807) is 30.3 Å². The first-order chi connectivity index (χ1) is 16.0. The summed E-state index contributed by atoms with van der Waals surface area (Å²) >= 11 is 6.00. The van der Waals surface area contributed by atoms with Gasteiger partial charge in [-0.05, 0) is 48.4 Å². The Kier molecular flexibility index (Phi) is 7.58. The first-order valence-corrected chi connectivity index (χ1v) is 10.3. The van der Waals surface area contributed by atoms with Gasteiger partial charge in [0.15, 0.2) is 0 Å². The number of carbonyl (C=O) groups is 2. The van der Waals surface area contributed by atoms with E-state index in [-0.39, 0.29) is 21.8 Å². The first kappa shape index (κ1) is 25.2. The van der Waals surface area contributed by atoms with Crippen molar-refractivity contribution in [2.75, 3.05) is 11.9 Å². The van der Waals surface area contributed by atoms with Crippen molar-refractivity contribution in [2.24, 2.45) is 0 Å². The molecule has 3 N–H and O–H groups in total. The Morgan fingerprint density at radius 1 is 1.00 bits per heavy atom. The van der Waals surface area contributed by atoms with Crippen LogP contribution in [0.2, 0.25) is 5.02 Å². The van der Waals surface area contributed by atoms with Gasteiger partial charge in [-0.15, -0.1) is 0 Å². The van der Waals surface area contributed by atoms with E-state index in [1.165, 1.54) is 6.92 Å². The van der Waals surface area contributed by atoms with E-state index in [1.807, 2.05) is 0 Å². The van der Waals surface area contributed by atoms with Gasteiger partial charge in [0, 0.05) is 5.69 Å². The van der Waals surface area contributed by atoms with Crippen LogP contribution in [0.25, 0.3) is 0 Å². The van der Waals surface area contributed by atoms with E-state index in [2.05, 4.69) is 10.6 Å². The summed E-state index contributed by atoms with van der Waals surface area (Å²) in [4.78, 5) is 25.4. The fourth-order valence-electron chi connectivity index (χ4n) is 3.22. The summed E-state index contributed by atoms with van der Waals surface area (Å²) in [5.74, 6) is -2.73. The van der Waals surface area contributed by atoms with E-state index >= 15 is 0 Å². The van der Waals surface area contributed by atoms with Crippen molar-refractivity contribution in [1.29, 1.82) is 0 Å². The molecule has 0 heterocycles. The molecule has 0 aliphatic rings. The van der Waals surface area contributed by atoms with Crippen molar-refractivity contribution >= 4 is 29.1 Å². The van der Waals surface area contributed by atoms with E-state index in [0.717, 1.165) is 30.3 Å². The molecule has 3 aromatic rings. The number of benzene rings is 3. The summed E-state index contributed by atoms with van der Waals surface area (Å²) in [7, 11) is 0. The number of anilines is 1. The van der Waals surface area contributed by atoms with Gasteiger partial charge >= 0.3 is 6.18 Å². The number of hydrogen-bond acceptors (Lipinski definition) is 3. The van der Waals surface area contributed by atoms with Crippen LogP contribution in [0.3, 0.4) is 0 Å². The lowest BCUT2D eigenvalue weighted by Crippen LogP contribution is -2.31. The van der Waals surface area contributed by atoms with Gasteiger partial charge in [-0.3, -0.25) is 9.59 Å². The van der Waals surface area contributed by atoms with Gasteiger partial charge in [-0.1, -0.05) is 41.9 Å². The lowest BCUT2D eigenvalue weighted by molar-refractivity contribution is -0.137. The molecule has 0 saturated heterocycles. The van der Waals surface area contributed by atoms with Crippen molar-refractivity contribution in [1.82, 2.24) is 5.32 Å². The summed E-state index contributed by atoms with van der Waals surface area (Å²) < 4.78 is 53.1. The fourth-order valence-corrected chi connectivity index (χ4v) is 3.46. The Hall–Kier alpha value is -3.43. The second-order valence-corrected chi connectivity index (χ2v) is 7.82. The van der Waals surface area contributed by atoms with Crippen molar-refractivity contribution in [3.8, 4) is 0 Å². The quantitative estimate of drug-likeness (QED) is 0.395. The van der Waals surface area contributed by atoms with E-state index in [0.29, 0.717) is 5.56 Å². The minimum Gasteiger partial charge on any atom is -0.394 e. The average Bonchev–Trinajstić information content (AvgIpc) is 2.78. The monoisotopic (exact) mass is 494 g/mol. The number of carbonyl (C=O) groups excluding carboxylic acids is 2. The molecule has 0 aliphatic carbocycles. The van der Waals surface area contributed by atoms with Crippen molar-refractivity contribution < 1.29 is 32.3 Å².